The van der Waals surface area contributed by atoms with E-state index in [2.05, 4.69) is 169 Å². The minimum Gasteiger partial charge on any atom is -0.311 e. The Kier molecular flexibility index (Phi) is 6.78. The van der Waals surface area contributed by atoms with Crippen LogP contribution in [0.5, 0.6) is 0 Å². The number of anilines is 3. The predicted molar refractivity (Wildman–Crippen MR) is 213 cm³/mol. The molecule has 3 aromatic heterocycles. The highest BCUT2D eigenvalue weighted by molar-refractivity contribution is 6.26. The SMILES string of the molecule is c1ccc(N(c2ccccc2)c2ccc(-c3nc4cccc(-c5ccnc6c5ccc5cccnc56)c4c4c3ccc3ccccc34)cc2)cc1. The van der Waals surface area contributed by atoms with Crippen molar-refractivity contribution in [1.82, 2.24) is 15.0 Å². The van der Waals surface area contributed by atoms with E-state index in [0.717, 1.165) is 77.5 Å². The van der Waals surface area contributed by atoms with Gasteiger partial charge in [0.15, 0.2) is 0 Å². The van der Waals surface area contributed by atoms with Crippen LogP contribution in [0.15, 0.2) is 182 Å². The van der Waals surface area contributed by atoms with E-state index in [1.165, 1.54) is 16.2 Å². The van der Waals surface area contributed by atoms with Gasteiger partial charge < -0.3 is 4.90 Å². The maximum absolute atomic E-state index is 5.45. The molecule has 0 saturated heterocycles. The number of hydrogen-bond donors (Lipinski definition) is 0. The van der Waals surface area contributed by atoms with E-state index in [4.69, 9.17) is 15.0 Å². The average Bonchev–Trinajstić information content (AvgIpc) is 3.21. The van der Waals surface area contributed by atoms with Crippen LogP contribution in [-0.2, 0) is 0 Å². The molecule has 3 heterocycles. The molecule has 10 rings (SSSR count). The van der Waals surface area contributed by atoms with Crippen molar-refractivity contribution in [3.63, 3.8) is 0 Å². The van der Waals surface area contributed by atoms with E-state index in [0.29, 0.717) is 0 Å². The van der Waals surface area contributed by atoms with Gasteiger partial charge in [0.2, 0.25) is 0 Å². The highest BCUT2D eigenvalue weighted by atomic mass is 15.1. The molecule has 4 heteroatoms. The number of benzene rings is 7. The van der Waals surface area contributed by atoms with Crippen molar-refractivity contribution in [2.45, 2.75) is 0 Å². The van der Waals surface area contributed by atoms with Gasteiger partial charge in [-0.25, -0.2) is 4.98 Å². The first-order valence-corrected chi connectivity index (χ1v) is 17.2. The Labute approximate surface area is 294 Å². The monoisotopic (exact) mass is 650 g/mol. The van der Waals surface area contributed by atoms with Crippen molar-refractivity contribution in [2.75, 3.05) is 4.90 Å². The Morgan fingerprint density at radius 1 is 0.373 bits per heavy atom. The number of rotatable bonds is 5. The Morgan fingerprint density at radius 2 is 1.04 bits per heavy atom. The number of hydrogen-bond acceptors (Lipinski definition) is 4. The molecule has 0 amide bonds. The molecular weight excluding hydrogens is 621 g/mol. The van der Waals surface area contributed by atoms with Gasteiger partial charge in [-0.15, -0.1) is 0 Å². The summed E-state index contributed by atoms with van der Waals surface area (Å²) in [4.78, 5) is 17.3. The molecule has 0 aliphatic rings. The van der Waals surface area contributed by atoms with Crippen LogP contribution in [-0.4, -0.2) is 15.0 Å². The van der Waals surface area contributed by atoms with Gasteiger partial charge in [0.1, 0.15) is 0 Å². The molecule has 0 atom stereocenters. The van der Waals surface area contributed by atoms with E-state index in [1.54, 1.807) is 0 Å². The quantitative estimate of drug-likeness (QED) is 0.174. The summed E-state index contributed by atoms with van der Waals surface area (Å²) in [6, 6.07) is 60.0. The first-order valence-electron chi connectivity index (χ1n) is 17.2. The van der Waals surface area contributed by atoms with Crippen molar-refractivity contribution in [1.29, 1.82) is 0 Å². The average molecular weight is 651 g/mol. The molecule has 0 saturated carbocycles. The molecule has 4 nitrogen and oxygen atoms in total. The zero-order valence-corrected chi connectivity index (χ0v) is 27.6. The van der Waals surface area contributed by atoms with Crippen LogP contribution < -0.4 is 4.90 Å². The van der Waals surface area contributed by atoms with Gasteiger partial charge >= 0.3 is 0 Å². The molecule has 0 N–H and O–H groups in total. The number of aromatic nitrogens is 3. The molecular formula is C47H30N4. The van der Waals surface area contributed by atoms with Gasteiger partial charge in [0.05, 0.1) is 22.2 Å². The van der Waals surface area contributed by atoms with Crippen molar-refractivity contribution in [3.05, 3.63) is 182 Å². The summed E-state index contributed by atoms with van der Waals surface area (Å²) in [6.07, 6.45) is 3.75. The van der Waals surface area contributed by atoms with E-state index in [-0.39, 0.29) is 0 Å². The third-order valence-corrected chi connectivity index (χ3v) is 9.91. The fraction of sp³-hybridized carbons (Fsp3) is 0. The molecule has 10 aromatic rings. The second-order valence-electron chi connectivity index (χ2n) is 12.8. The van der Waals surface area contributed by atoms with Gasteiger partial charge in [-0.2, -0.15) is 0 Å². The summed E-state index contributed by atoms with van der Waals surface area (Å²) in [6.45, 7) is 0. The molecule has 51 heavy (non-hydrogen) atoms. The highest BCUT2D eigenvalue weighted by Crippen LogP contribution is 2.43. The van der Waals surface area contributed by atoms with Crippen molar-refractivity contribution in [3.8, 4) is 22.4 Å². The first kappa shape index (κ1) is 29.0. The van der Waals surface area contributed by atoms with Crippen molar-refractivity contribution < 1.29 is 0 Å². The Balaban J connectivity index is 1.21. The van der Waals surface area contributed by atoms with Gasteiger partial charge in [-0.3, -0.25) is 9.97 Å². The fourth-order valence-electron chi connectivity index (χ4n) is 7.62. The van der Waals surface area contributed by atoms with Gasteiger partial charge in [0.25, 0.3) is 0 Å². The Bertz CT molecular complexity index is 2860. The smallest absolute Gasteiger partial charge is 0.0970 e. The minimum atomic E-state index is 0.904. The maximum Gasteiger partial charge on any atom is 0.0970 e. The standard InChI is InChI=1S/C47H30N4/c1-3-13-34(14-4-1)51(35-15-5-2-6-16-35)36-24-20-33(21-25-36)45-41-27-22-31-11-7-8-17-37(31)43(41)44-39(18-9-19-42(44)50-45)38-28-30-49-47-40(38)26-23-32-12-10-29-48-46(32)47/h1-30H. The van der Waals surface area contributed by atoms with E-state index < -0.39 is 0 Å². The first-order chi connectivity index (χ1) is 25.3. The van der Waals surface area contributed by atoms with Gasteiger partial charge in [0, 0.05) is 62.0 Å². The van der Waals surface area contributed by atoms with Crippen LogP contribution in [0.2, 0.25) is 0 Å². The van der Waals surface area contributed by atoms with E-state index in [1.807, 2.05) is 18.5 Å². The van der Waals surface area contributed by atoms with Crippen LogP contribution in [0.25, 0.3) is 76.6 Å². The molecule has 0 spiro atoms. The third-order valence-electron chi connectivity index (χ3n) is 9.91. The van der Waals surface area contributed by atoms with E-state index in [9.17, 15) is 0 Å². The molecule has 0 aliphatic heterocycles. The lowest BCUT2D eigenvalue weighted by Crippen LogP contribution is -2.09. The summed E-state index contributed by atoms with van der Waals surface area (Å²) in [5.41, 5.74) is 10.4. The molecule has 0 unspecified atom stereocenters. The Morgan fingerprint density at radius 3 is 1.84 bits per heavy atom. The van der Waals surface area contributed by atoms with E-state index >= 15 is 0 Å². The lowest BCUT2D eigenvalue weighted by Gasteiger charge is -2.25. The maximum atomic E-state index is 5.45. The predicted octanol–water partition coefficient (Wildman–Crippen LogP) is 12.4. The summed E-state index contributed by atoms with van der Waals surface area (Å²) in [5.74, 6) is 0. The summed E-state index contributed by atoms with van der Waals surface area (Å²) in [7, 11) is 0. The van der Waals surface area contributed by atoms with Crippen LogP contribution in [0, 0.1) is 0 Å². The zero-order valence-electron chi connectivity index (χ0n) is 27.6. The van der Waals surface area contributed by atoms with Crippen LogP contribution in [0.4, 0.5) is 17.1 Å². The second-order valence-corrected chi connectivity index (χ2v) is 12.8. The lowest BCUT2D eigenvalue weighted by molar-refractivity contribution is 1.28. The molecule has 0 radical (unpaired) electrons. The number of para-hydroxylation sites is 2. The lowest BCUT2D eigenvalue weighted by atomic mass is 9.90. The fourth-order valence-corrected chi connectivity index (χ4v) is 7.62. The number of fused-ring (bicyclic) bond motifs is 8. The summed E-state index contributed by atoms with van der Waals surface area (Å²) in [5, 5.41) is 8.02. The topological polar surface area (TPSA) is 41.9 Å². The normalized spacial score (nSPS) is 11.5. The summed E-state index contributed by atoms with van der Waals surface area (Å²) >= 11 is 0. The number of nitrogens with zero attached hydrogens (tertiary/aromatic N) is 4. The van der Waals surface area contributed by atoms with Crippen LogP contribution >= 0.6 is 0 Å². The molecule has 0 aliphatic carbocycles. The largest absolute Gasteiger partial charge is 0.311 e. The molecule has 0 fully saturated rings. The molecule has 238 valence electrons. The van der Waals surface area contributed by atoms with Crippen LogP contribution in [0.1, 0.15) is 0 Å². The van der Waals surface area contributed by atoms with Crippen LogP contribution in [0.3, 0.4) is 0 Å². The minimum absolute atomic E-state index is 0.904. The van der Waals surface area contributed by atoms with Gasteiger partial charge in [-0.1, -0.05) is 115 Å². The Hall–Kier alpha value is -6.91. The van der Waals surface area contributed by atoms with Gasteiger partial charge in [-0.05, 0) is 76.5 Å². The zero-order chi connectivity index (χ0) is 33.7. The second kappa shape index (κ2) is 11.9. The number of pyridine rings is 3. The van der Waals surface area contributed by atoms with Crippen molar-refractivity contribution in [2.24, 2.45) is 0 Å². The third kappa shape index (κ3) is 4.80. The molecule has 7 aromatic carbocycles. The highest BCUT2D eigenvalue weighted by Gasteiger charge is 2.19. The van der Waals surface area contributed by atoms with Crippen molar-refractivity contribution >= 4 is 71.3 Å². The summed E-state index contributed by atoms with van der Waals surface area (Å²) < 4.78 is 0. The molecule has 0 bridgehead atoms.